The van der Waals surface area contributed by atoms with Crippen molar-refractivity contribution in [2.75, 3.05) is 0 Å². The van der Waals surface area contributed by atoms with Crippen LogP contribution in [0.4, 0.5) is 0 Å². The fraction of sp³-hybridized carbons (Fsp3) is 0. The molecule has 0 fully saturated rings. The van der Waals surface area contributed by atoms with Crippen molar-refractivity contribution in [3.8, 4) is 44.8 Å². The number of aromatic nitrogens is 2. The highest BCUT2D eigenvalue weighted by atomic mass is 16.3. The summed E-state index contributed by atoms with van der Waals surface area (Å²) in [7, 11) is 0. The smallest absolute Gasteiger partial charge is 0.137 e. The van der Waals surface area contributed by atoms with Crippen LogP contribution in [0.5, 0.6) is 0 Å². The van der Waals surface area contributed by atoms with Gasteiger partial charge in [-0.2, -0.15) is 0 Å². The molecule has 0 saturated carbocycles. The third-order valence-electron chi connectivity index (χ3n) is 11.7. The van der Waals surface area contributed by atoms with Gasteiger partial charge in [-0.25, -0.2) is 0 Å². The Morgan fingerprint density at radius 3 is 1.61 bits per heavy atom. The minimum atomic E-state index is 0.888. The topological polar surface area (TPSA) is 23.0 Å². The third kappa shape index (κ3) is 4.92. The van der Waals surface area contributed by atoms with Gasteiger partial charge in [-0.1, -0.05) is 133 Å². The van der Waals surface area contributed by atoms with Crippen molar-refractivity contribution in [1.29, 1.82) is 0 Å². The number of furan rings is 1. The summed E-state index contributed by atoms with van der Waals surface area (Å²) in [5, 5.41) is 7.20. The summed E-state index contributed by atoms with van der Waals surface area (Å²) >= 11 is 0. The second-order valence-corrected chi connectivity index (χ2v) is 14.9. The lowest BCUT2D eigenvalue weighted by molar-refractivity contribution is 0.668. The van der Waals surface area contributed by atoms with Gasteiger partial charge in [-0.3, -0.25) is 0 Å². The van der Waals surface area contributed by atoms with Crippen LogP contribution in [0.2, 0.25) is 0 Å². The zero-order valence-corrected chi connectivity index (χ0v) is 30.9. The minimum Gasteiger partial charge on any atom is -0.456 e. The van der Waals surface area contributed by atoms with E-state index < -0.39 is 0 Å². The van der Waals surface area contributed by atoms with Gasteiger partial charge in [0.1, 0.15) is 11.2 Å². The third-order valence-corrected chi connectivity index (χ3v) is 11.7. The Morgan fingerprint density at radius 1 is 0.281 bits per heavy atom. The Kier molecular flexibility index (Phi) is 6.93. The highest BCUT2D eigenvalue weighted by molar-refractivity contribution is 6.17. The molecule has 0 aliphatic carbocycles. The van der Waals surface area contributed by atoms with E-state index >= 15 is 0 Å². The molecule has 0 spiro atoms. The van der Waals surface area contributed by atoms with Crippen molar-refractivity contribution < 1.29 is 4.42 Å². The molecule has 12 aromatic rings. The molecule has 3 heterocycles. The molecule has 0 aliphatic heterocycles. The molecule has 12 rings (SSSR count). The fourth-order valence-electron chi connectivity index (χ4n) is 9.10. The normalized spacial score (nSPS) is 11.9. The number of nitrogens with zero attached hydrogens (tertiary/aromatic N) is 2. The van der Waals surface area contributed by atoms with Crippen LogP contribution in [0.3, 0.4) is 0 Å². The Bertz CT molecular complexity index is 3490. The first-order chi connectivity index (χ1) is 28.3. The van der Waals surface area contributed by atoms with Crippen LogP contribution in [-0.4, -0.2) is 9.13 Å². The number of fused-ring (bicyclic) bond motifs is 9. The van der Waals surface area contributed by atoms with Crippen LogP contribution in [0, 0.1) is 0 Å². The van der Waals surface area contributed by atoms with E-state index in [4.69, 9.17) is 4.42 Å². The summed E-state index contributed by atoms with van der Waals surface area (Å²) in [6, 6.07) is 74.5. The minimum absolute atomic E-state index is 0.888. The maximum absolute atomic E-state index is 6.39. The van der Waals surface area contributed by atoms with Crippen molar-refractivity contribution in [2.24, 2.45) is 0 Å². The van der Waals surface area contributed by atoms with Gasteiger partial charge >= 0.3 is 0 Å². The number of hydrogen-bond donors (Lipinski definition) is 0. The molecule has 0 atom stereocenters. The molecule has 0 unspecified atom stereocenters. The maximum atomic E-state index is 6.39. The van der Waals surface area contributed by atoms with Gasteiger partial charge in [0.2, 0.25) is 0 Å². The highest BCUT2D eigenvalue weighted by Gasteiger charge is 2.19. The molecular formula is C54H34N2O. The van der Waals surface area contributed by atoms with Gasteiger partial charge in [0.25, 0.3) is 0 Å². The summed E-state index contributed by atoms with van der Waals surface area (Å²) in [6.07, 6.45) is 0. The maximum Gasteiger partial charge on any atom is 0.137 e. The van der Waals surface area contributed by atoms with E-state index in [2.05, 4.69) is 203 Å². The van der Waals surface area contributed by atoms with Crippen LogP contribution < -0.4 is 0 Å². The van der Waals surface area contributed by atoms with Gasteiger partial charge in [0, 0.05) is 49.8 Å². The predicted octanol–water partition coefficient (Wildman–Crippen LogP) is 14.8. The molecule has 0 bridgehead atoms. The summed E-state index contributed by atoms with van der Waals surface area (Å²) < 4.78 is 11.2. The lowest BCUT2D eigenvalue weighted by Crippen LogP contribution is -1.94. The lowest BCUT2D eigenvalue weighted by atomic mass is 9.97. The molecule has 0 aliphatic rings. The summed E-state index contributed by atoms with van der Waals surface area (Å²) in [6.45, 7) is 0. The van der Waals surface area contributed by atoms with Crippen molar-refractivity contribution in [1.82, 2.24) is 9.13 Å². The van der Waals surface area contributed by atoms with Gasteiger partial charge in [0.05, 0.1) is 22.1 Å². The van der Waals surface area contributed by atoms with Crippen LogP contribution >= 0.6 is 0 Å². The van der Waals surface area contributed by atoms with Crippen LogP contribution in [0.1, 0.15) is 0 Å². The fourth-order valence-corrected chi connectivity index (χ4v) is 9.10. The zero-order valence-electron chi connectivity index (χ0n) is 30.9. The number of rotatable bonds is 5. The molecule has 0 amide bonds. The van der Waals surface area contributed by atoms with E-state index in [-0.39, 0.29) is 0 Å². The van der Waals surface area contributed by atoms with Gasteiger partial charge in [-0.15, -0.1) is 0 Å². The molecule has 3 aromatic heterocycles. The Morgan fingerprint density at radius 2 is 0.825 bits per heavy atom. The first kappa shape index (κ1) is 31.7. The molecule has 3 heteroatoms. The summed E-state index contributed by atoms with van der Waals surface area (Å²) in [5.41, 5.74) is 16.0. The largest absolute Gasteiger partial charge is 0.456 e. The molecule has 0 radical (unpaired) electrons. The second kappa shape index (κ2) is 12.5. The van der Waals surface area contributed by atoms with Crippen LogP contribution in [0.25, 0.3) is 110 Å². The second-order valence-electron chi connectivity index (χ2n) is 14.9. The van der Waals surface area contributed by atoms with E-state index in [1.54, 1.807) is 0 Å². The Labute approximate surface area is 328 Å². The van der Waals surface area contributed by atoms with Crippen LogP contribution in [0.15, 0.2) is 211 Å². The molecule has 3 nitrogen and oxygen atoms in total. The first-order valence-electron chi connectivity index (χ1n) is 19.5. The number of hydrogen-bond acceptors (Lipinski definition) is 1. The highest BCUT2D eigenvalue weighted by Crippen LogP contribution is 2.42. The van der Waals surface area contributed by atoms with E-state index in [1.807, 2.05) is 12.1 Å². The molecule has 266 valence electrons. The van der Waals surface area contributed by atoms with Crippen molar-refractivity contribution in [3.05, 3.63) is 206 Å². The quantitative estimate of drug-likeness (QED) is 0.173. The van der Waals surface area contributed by atoms with Gasteiger partial charge in [-0.05, 0) is 100 Å². The summed E-state index contributed by atoms with van der Waals surface area (Å²) in [5.74, 6) is 0. The SMILES string of the molecule is c1ccc(-c2ccc(-n3c4ccccc4c4cc(-c5ccc6c(c5)c5c(-c7ccccc7)cccc5n6-c5ccc6c(c5)oc5ccccc56)ccc43)cc2)cc1. The molecule has 0 N–H and O–H groups in total. The Hall–Kier alpha value is -7.62. The molecular weight excluding hydrogens is 693 g/mol. The Balaban J connectivity index is 1.05. The number of benzene rings is 9. The molecule has 0 saturated heterocycles. The zero-order chi connectivity index (χ0) is 37.5. The van der Waals surface area contributed by atoms with Gasteiger partial charge < -0.3 is 13.6 Å². The van der Waals surface area contributed by atoms with E-state index in [0.29, 0.717) is 0 Å². The summed E-state index contributed by atoms with van der Waals surface area (Å²) in [4.78, 5) is 0. The van der Waals surface area contributed by atoms with Crippen molar-refractivity contribution in [2.45, 2.75) is 0 Å². The van der Waals surface area contributed by atoms with E-state index in [0.717, 1.165) is 44.3 Å². The first-order valence-corrected chi connectivity index (χ1v) is 19.5. The van der Waals surface area contributed by atoms with Gasteiger partial charge in [0.15, 0.2) is 0 Å². The van der Waals surface area contributed by atoms with Crippen LogP contribution in [-0.2, 0) is 0 Å². The number of para-hydroxylation sites is 2. The molecule has 57 heavy (non-hydrogen) atoms. The average Bonchev–Trinajstić information content (AvgIpc) is 3.94. The monoisotopic (exact) mass is 726 g/mol. The molecule has 9 aromatic carbocycles. The predicted molar refractivity (Wildman–Crippen MR) is 239 cm³/mol. The standard InChI is InChI=1S/C54H34N2O/c1-3-12-35(13-4-1)36-22-26-40(27-23-36)55-48-19-9-7-16-43(48)46-32-38(24-30-49(46)55)39-25-31-50-47(33-39)54-42(37-14-5-2-6-15-37)18-11-20-51(54)56(50)41-28-29-45-44-17-8-10-21-52(44)57-53(45)34-41/h1-34H. The lowest BCUT2D eigenvalue weighted by Gasteiger charge is -2.10. The van der Waals surface area contributed by atoms with E-state index in [1.165, 1.54) is 66.0 Å². The van der Waals surface area contributed by atoms with Crippen molar-refractivity contribution >= 4 is 65.6 Å². The average molecular weight is 727 g/mol. The van der Waals surface area contributed by atoms with Crippen molar-refractivity contribution in [3.63, 3.8) is 0 Å². The van der Waals surface area contributed by atoms with E-state index in [9.17, 15) is 0 Å².